The lowest BCUT2D eigenvalue weighted by molar-refractivity contribution is -0.120. The number of anilines is 1. The van der Waals surface area contributed by atoms with Gasteiger partial charge in [0.2, 0.25) is 11.8 Å². The molecule has 0 aliphatic carbocycles. The van der Waals surface area contributed by atoms with Crippen LogP contribution in [0.1, 0.15) is 18.2 Å². The van der Waals surface area contributed by atoms with Gasteiger partial charge in [-0.05, 0) is 18.6 Å². The molecular weight excluding hydrogens is 298 g/mol. The van der Waals surface area contributed by atoms with Crippen LogP contribution in [0.3, 0.4) is 0 Å². The molecule has 2 aromatic rings. The number of thiazole rings is 1. The molecule has 6 heteroatoms. The highest BCUT2D eigenvalue weighted by Gasteiger charge is 2.08. The quantitative estimate of drug-likeness (QED) is 0.805. The molecule has 0 atom stereocenters. The summed E-state index contributed by atoms with van der Waals surface area (Å²) < 4.78 is 0. The van der Waals surface area contributed by atoms with Crippen LogP contribution in [0.15, 0.2) is 41.8 Å². The summed E-state index contributed by atoms with van der Waals surface area (Å²) in [7, 11) is 0. The Hall–Kier alpha value is -2.47. The monoisotopic (exact) mass is 315 g/mol. The number of rotatable bonds is 6. The van der Waals surface area contributed by atoms with Crippen molar-refractivity contribution in [2.45, 2.75) is 13.3 Å². The van der Waals surface area contributed by atoms with E-state index in [0.29, 0.717) is 17.4 Å². The predicted molar refractivity (Wildman–Crippen MR) is 88.6 cm³/mol. The van der Waals surface area contributed by atoms with E-state index in [9.17, 15) is 9.59 Å². The second-order valence-electron chi connectivity index (χ2n) is 4.51. The zero-order valence-electron chi connectivity index (χ0n) is 12.2. The van der Waals surface area contributed by atoms with Gasteiger partial charge in [0.25, 0.3) is 0 Å². The molecule has 0 fully saturated rings. The van der Waals surface area contributed by atoms with Gasteiger partial charge >= 0.3 is 0 Å². The number of nitrogens with one attached hydrogen (secondary N) is 2. The van der Waals surface area contributed by atoms with E-state index in [2.05, 4.69) is 15.6 Å². The lowest BCUT2D eigenvalue weighted by atomic mass is 10.2. The lowest BCUT2D eigenvalue weighted by Crippen LogP contribution is -2.24. The highest BCUT2D eigenvalue weighted by atomic mass is 32.1. The Labute approximate surface area is 133 Å². The highest BCUT2D eigenvalue weighted by molar-refractivity contribution is 7.14. The first-order chi connectivity index (χ1) is 10.7. The van der Waals surface area contributed by atoms with E-state index in [1.807, 2.05) is 37.3 Å². The average Bonchev–Trinajstić information content (AvgIpc) is 2.93. The Morgan fingerprint density at radius 3 is 2.77 bits per heavy atom. The van der Waals surface area contributed by atoms with Gasteiger partial charge < -0.3 is 5.32 Å². The zero-order chi connectivity index (χ0) is 15.8. The van der Waals surface area contributed by atoms with Gasteiger partial charge in [-0.15, -0.1) is 11.3 Å². The zero-order valence-corrected chi connectivity index (χ0v) is 13.0. The maximum absolute atomic E-state index is 11.8. The molecule has 5 nitrogen and oxygen atoms in total. The van der Waals surface area contributed by atoms with Crippen molar-refractivity contribution < 1.29 is 9.59 Å². The molecule has 0 aliphatic heterocycles. The van der Waals surface area contributed by atoms with Gasteiger partial charge in [0.15, 0.2) is 5.13 Å². The number of benzene rings is 1. The molecule has 0 unspecified atom stereocenters. The molecule has 22 heavy (non-hydrogen) atoms. The SMILES string of the molecule is CCNC(=O)Cc1csc(NC(=O)/C=C/c2ccccc2)n1. The highest BCUT2D eigenvalue weighted by Crippen LogP contribution is 2.16. The predicted octanol–water partition coefficient (Wildman–Crippen LogP) is 2.47. The van der Waals surface area contributed by atoms with Gasteiger partial charge in [-0.1, -0.05) is 30.3 Å². The molecule has 0 aliphatic rings. The molecule has 114 valence electrons. The standard InChI is InChI=1S/C16H17N3O2S/c1-2-17-15(21)10-13-11-22-16(18-13)19-14(20)9-8-12-6-4-3-5-7-12/h3-9,11H,2,10H2,1H3,(H,17,21)(H,18,19,20)/b9-8+. The molecule has 2 rings (SSSR count). The third-order valence-electron chi connectivity index (χ3n) is 2.72. The topological polar surface area (TPSA) is 71.1 Å². The van der Waals surface area contributed by atoms with Crippen LogP contribution < -0.4 is 10.6 Å². The van der Waals surface area contributed by atoms with Crippen molar-refractivity contribution in [3.63, 3.8) is 0 Å². The van der Waals surface area contributed by atoms with Crippen LogP contribution in [-0.2, 0) is 16.0 Å². The van der Waals surface area contributed by atoms with Crippen LogP contribution >= 0.6 is 11.3 Å². The molecule has 2 N–H and O–H groups in total. The Morgan fingerprint density at radius 2 is 2.05 bits per heavy atom. The summed E-state index contributed by atoms with van der Waals surface area (Å²) in [4.78, 5) is 27.5. The smallest absolute Gasteiger partial charge is 0.250 e. The minimum atomic E-state index is -0.247. The lowest BCUT2D eigenvalue weighted by Gasteiger charge is -1.98. The maximum Gasteiger partial charge on any atom is 0.250 e. The summed E-state index contributed by atoms with van der Waals surface area (Å²) in [6.07, 6.45) is 3.42. The van der Waals surface area contributed by atoms with Crippen LogP contribution in [0, 0.1) is 0 Å². The van der Waals surface area contributed by atoms with E-state index in [1.165, 1.54) is 17.4 Å². The first kappa shape index (κ1) is 15.9. The van der Waals surface area contributed by atoms with E-state index in [1.54, 1.807) is 11.5 Å². The van der Waals surface area contributed by atoms with Gasteiger partial charge in [-0.3, -0.25) is 14.9 Å². The molecule has 0 spiro atoms. The fourth-order valence-corrected chi connectivity index (χ4v) is 2.47. The average molecular weight is 315 g/mol. The van der Waals surface area contributed by atoms with E-state index in [4.69, 9.17) is 0 Å². The second kappa shape index (κ2) is 8.09. The van der Waals surface area contributed by atoms with Crippen molar-refractivity contribution in [2.24, 2.45) is 0 Å². The number of hydrogen-bond acceptors (Lipinski definition) is 4. The van der Waals surface area contributed by atoms with E-state index < -0.39 is 0 Å². The van der Waals surface area contributed by atoms with Crippen LogP contribution in [0.25, 0.3) is 6.08 Å². The summed E-state index contributed by atoms with van der Waals surface area (Å²) >= 11 is 1.30. The van der Waals surface area contributed by atoms with Gasteiger partial charge in [-0.25, -0.2) is 4.98 Å². The number of nitrogens with zero attached hydrogens (tertiary/aromatic N) is 1. The Bertz CT molecular complexity index is 665. The third-order valence-corrected chi connectivity index (χ3v) is 3.53. The number of aromatic nitrogens is 1. The van der Waals surface area contributed by atoms with Crippen LogP contribution in [0.5, 0.6) is 0 Å². The number of carbonyl (C=O) groups is 2. The second-order valence-corrected chi connectivity index (χ2v) is 5.37. The number of hydrogen-bond donors (Lipinski definition) is 2. The Morgan fingerprint density at radius 1 is 1.27 bits per heavy atom. The maximum atomic E-state index is 11.8. The number of carbonyl (C=O) groups excluding carboxylic acids is 2. The molecule has 0 saturated carbocycles. The van der Waals surface area contributed by atoms with Crippen molar-refractivity contribution >= 4 is 34.4 Å². The molecule has 1 aromatic heterocycles. The largest absolute Gasteiger partial charge is 0.356 e. The van der Waals surface area contributed by atoms with Crippen LogP contribution in [0.2, 0.25) is 0 Å². The van der Waals surface area contributed by atoms with Gasteiger partial charge in [0, 0.05) is 18.0 Å². The van der Waals surface area contributed by atoms with E-state index in [0.717, 1.165) is 5.56 Å². The third kappa shape index (κ3) is 5.14. The van der Waals surface area contributed by atoms with Crippen molar-refractivity contribution in [1.29, 1.82) is 0 Å². The number of likely N-dealkylation sites (N-methyl/N-ethyl adjacent to an activating group) is 1. The van der Waals surface area contributed by atoms with Crippen molar-refractivity contribution in [2.75, 3.05) is 11.9 Å². The first-order valence-corrected chi connectivity index (χ1v) is 7.80. The molecular formula is C16H17N3O2S. The van der Waals surface area contributed by atoms with E-state index >= 15 is 0 Å². The molecule has 2 amide bonds. The van der Waals surface area contributed by atoms with Gasteiger partial charge in [0.1, 0.15) is 0 Å². The molecule has 1 heterocycles. The molecule has 0 bridgehead atoms. The van der Waals surface area contributed by atoms with Crippen LogP contribution in [0.4, 0.5) is 5.13 Å². The summed E-state index contributed by atoms with van der Waals surface area (Å²) in [5.41, 5.74) is 1.60. The molecule has 0 radical (unpaired) electrons. The summed E-state index contributed by atoms with van der Waals surface area (Å²) in [6, 6.07) is 9.57. The normalized spacial score (nSPS) is 10.6. The van der Waals surface area contributed by atoms with Gasteiger partial charge in [-0.2, -0.15) is 0 Å². The van der Waals surface area contributed by atoms with Gasteiger partial charge in [0.05, 0.1) is 12.1 Å². The fourth-order valence-electron chi connectivity index (χ4n) is 1.75. The minimum Gasteiger partial charge on any atom is -0.356 e. The summed E-state index contributed by atoms with van der Waals surface area (Å²) in [6.45, 7) is 2.46. The summed E-state index contributed by atoms with van der Waals surface area (Å²) in [5, 5.41) is 7.66. The fraction of sp³-hybridized carbons (Fsp3) is 0.188. The summed E-state index contributed by atoms with van der Waals surface area (Å²) in [5.74, 6) is -0.322. The minimum absolute atomic E-state index is 0.0744. The van der Waals surface area contributed by atoms with E-state index in [-0.39, 0.29) is 18.2 Å². The first-order valence-electron chi connectivity index (χ1n) is 6.92. The Balaban J connectivity index is 1.88. The molecule has 1 aromatic carbocycles. The number of amides is 2. The van der Waals surface area contributed by atoms with Crippen LogP contribution in [-0.4, -0.2) is 23.3 Å². The molecule has 0 saturated heterocycles. The van der Waals surface area contributed by atoms with Crippen molar-refractivity contribution in [3.05, 3.63) is 53.0 Å². The Kier molecular flexibility index (Phi) is 5.85. The van der Waals surface area contributed by atoms with Crippen molar-refractivity contribution in [3.8, 4) is 0 Å². The van der Waals surface area contributed by atoms with Crippen molar-refractivity contribution in [1.82, 2.24) is 10.3 Å².